The van der Waals surface area contributed by atoms with Gasteiger partial charge in [0.05, 0.1) is 5.56 Å². The van der Waals surface area contributed by atoms with Crippen LogP contribution in [0.5, 0.6) is 17.2 Å². The summed E-state index contributed by atoms with van der Waals surface area (Å²) in [5.41, 5.74) is 1.58. The third-order valence-electron chi connectivity index (χ3n) is 4.09. The smallest absolute Gasteiger partial charge is 0.335 e. The highest BCUT2D eigenvalue weighted by atomic mass is 16.6. The zero-order valence-corrected chi connectivity index (χ0v) is 16.7. The van der Waals surface area contributed by atoms with Crippen molar-refractivity contribution in [2.24, 2.45) is 5.16 Å². The highest BCUT2D eigenvalue weighted by molar-refractivity contribution is 6.01. The Bertz CT molecular complexity index is 984. The van der Waals surface area contributed by atoms with Gasteiger partial charge in [-0.15, -0.1) is 0 Å². The minimum atomic E-state index is -1.00. The molecule has 0 bridgehead atoms. The fourth-order valence-electron chi connectivity index (χ4n) is 2.59. The molecule has 6 nitrogen and oxygen atoms in total. The maximum Gasteiger partial charge on any atom is 0.335 e. The monoisotopic (exact) mass is 405 g/mol. The van der Waals surface area contributed by atoms with Crippen molar-refractivity contribution >= 4 is 11.7 Å². The van der Waals surface area contributed by atoms with Crippen LogP contribution in [-0.4, -0.2) is 30.0 Å². The molecule has 0 fully saturated rings. The van der Waals surface area contributed by atoms with Gasteiger partial charge in [-0.1, -0.05) is 36.3 Å². The number of carbonyl (C=O) groups is 1. The SMILES string of the molecule is CCCO/N=C(\COc1cccc(C(=O)O)c1)c1ccc(Oc2ccccc2)cc1. The molecular formula is C24H23NO5. The van der Waals surface area contributed by atoms with Gasteiger partial charge in [0.25, 0.3) is 0 Å². The largest absolute Gasteiger partial charge is 0.487 e. The highest BCUT2D eigenvalue weighted by Crippen LogP contribution is 2.22. The molecule has 0 aromatic heterocycles. The first-order valence-corrected chi connectivity index (χ1v) is 9.64. The molecule has 6 heteroatoms. The molecule has 0 aliphatic carbocycles. The second kappa shape index (κ2) is 10.7. The predicted molar refractivity (Wildman–Crippen MR) is 115 cm³/mol. The van der Waals surface area contributed by atoms with Crippen molar-refractivity contribution in [2.45, 2.75) is 13.3 Å². The number of para-hydroxylation sites is 1. The average molecular weight is 405 g/mol. The van der Waals surface area contributed by atoms with Crippen molar-refractivity contribution in [1.29, 1.82) is 0 Å². The lowest BCUT2D eigenvalue weighted by atomic mass is 10.1. The third-order valence-corrected chi connectivity index (χ3v) is 4.09. The van der Waals surface area contributed by atoms with Crippen LogP contribution in [0.2, 0.25) is 0 Å². The lowest BCUT2D eigenvalue weighted by Gasteiger charge is -2.11. The van der Waals surface area contributed by atoms with Gasteiger partial charge in [-0.3, -0.25) is 0 Å². The minimum Gasteiger partial charge on any atom is -0.487 e. The van der Waals surface area contributed by atoms with Gasteiger partial charge in [0.1, 0.15) is 36.2 Å². The summed E-state index contributed by atoms with van der Waals surface area (Å²) in [5.74, 6) is 0.901. The van der Waals surface area contributed by atoms with E-state index in [-0.39, 0.29) is 12.2 Å². The topological polar surface area (TPSA) is 77.4 Å². The van der Waals surface area contributed by atoms with E-state index < -0.39 is 5.97 Å². The molecule has 0 unspecified atom stereocenters. The van der Waals surface area contributed by atoms with Gasteiger partial charge < -0.3 is 19.4 Å². The summed E-state index contributed by atoms with van der Waals surface area (Å²) < 4.78 is 11.6. The van der Waals surface area contributed by atoms with Crippen LogP contribution in [0.4, 0.5) is 0 Å². The molecule has 3 aromatic carbocycles. The molecule has 154 valence electrons. The van der Waals surface area contributed by atoms with Crippen LogP contribution in [0.1, 0.15) is 29.3 Å². The van der Waals surface area contributed by atoms with E-state index in [0.29, 0.717) is 23.8 Å². The van der Waals surface area contributed by atoms with Gasteiger partial charge in [0, 0.05) is 5.56 Å². The van der Waals surface area contributed by atoms with Crippen LogP contribution < -0.4 is 9.47 Å². The van der Waals surface area contributed by atoms with Crippen LogP contribution in [0.15, 0.2) is 84.0 Å². The minimum absolute atomic E-state index is 0.131. The van der Waals surface area contributed by atoms with Gasteiger partial charge in [0.2, 0.25) is 0 Å². The predicted octanol–water partition coefficient (Wildman–Crippen LogP) is 5.39. The van der Waals surface area contributed by atoms with Crippen molar-refractivity contribution in [3.8, 4) is 17.2 Å². The Morgan fingerprint density at radius 2 is 1.57 bits per heavy atom. The van der Waals surface area contributed by atoms with Gasteiger partial charge in [-0.05, 0) is 61.0 Å². The van der Waals surface area contributed by atoms with E-state index in [1.54, 1.807) is 12.1 Å². The first-order chi connectivity index (χ1) is 14.7. The van der Waals surface area contributed by atoms with E-state index in [4.69, 9.17) is 19.4 Å². The second-order valence-corrected chi connectivity index (χ2v) is 6.43. The molecule has 0 spiro atoms. The van der Waals surface area contributed by atoms with Gasteiger partial charge in [-0.2, -0.15) is 0 Å². The molecular weight excluding hydrogens is 382 g/mol. The normalized spacial score (nSPS) is 11.0. The second-order valence-electron chi connectivity index (χ2n) is 6.43. The summed E-state index contributed by atoms with van der Waals surface area (Å²) in [6.07, 6.45) is 0.835. The lowest BCUT2D eigenvalue weighted by molar-refractivity contribution is 0.0696. The van der Waals surface area contributed by atoms with Crippen LogP contribution in [-0.2, 0) is 4.84 Å². The molecule has 0 atom stereocenters. The molecule has 30 heavy (non-hydrogen) atoms. The van der Waals surface area contributed by atoms with E-state index in [2.05, 4.69) is 5.16 Å². The fourth-order valence-corrected chi connectivity index (χ4v) is 2.59. The maximum atomic E-state index is 11.1. The standard InChI is InChI=1S/C24H23NO5/c1-2-15-29-25-23(17-28-22-10-6-7-19(16-22)24(26)27)18-11-13-21(14-12-18)30-20-8-4-3-5-9-20/h3-14,16H,2,15,17H2,1H3,(H,26,27)/b25-23+. The molecule has 0 saturated carbocycles. The van der Waals surface area contributed by atoms with E-state index >= 15 is 0 Å². The Morgan fingerprint density at radius 3 is 2.27 bits per heavy atom. The van der Waals surface area contributed by atoms with E-state index in [1.807, 2.05) is 61.5 Å². The lowest BCUT2D eigenvalue weighted by Crippen LogP contribution is -2.14. The molecule has 1 N–H and O–H groups in total. The number of carboxylic acids is 1. The van der Waals surface area contributed by atoms with Crippen LogP contribution in [0, 0.1) is 0 Å². The molecule has 0 aliphatic heterocycles. The number of nitrogens with zero attached hydrogens (tertiary/aromatic N) is 1. The number of aromatic carboxylic acids is 1. The summed E-state index contributed by atoms with van der Waals surface area (Å²) in [5, 5.41) is 13.3. The summed E-state index contributed by atoms with van der Waals surface area (Å²) >= 11 is 0. The molecule has 0 amide bonds. The zero-order valence-electron chi connectivity index (χ0n) is 16.7. The molecule has 3 rings (SSSR count). The first-order valence-electron chi connectivity index (χ1n) is 9.64. The summed E-state index contributed by atoms with van der Waals surface area (Å²) in [6, 6.07) is 23.3. The maximum absolute atomic E-state index is 11.1. The number of rotatable bonds is 10. The number of benzene rings is 3. The van der Waals surface area contributed by atoms with Crippen molar-refractivity contribution in [3.05, 3.63) is 90.0 Å². The number of carboxylic acid groups (broad SMARTS) is 1. The number of ether oxygens (including phenoxy) is 2. The highest BCUT2D eigenvalue weighted by Gasteiger charge is 2.09. The molecule has 0 heterocycles. The molecule has 0 radical (unpaired) electrons. The van der Waals surface area contributed by atoms with Crippen molar-refractivity contribution in [1.82, 2.24) is 0 Å². The Kier molecular flexibility index (Phi) is 7.44. The van der Waals surface area contributed by atoms with Gasteiger partial charge in [0.15, 0.2) is 0 Å². The first kappa shape index (κ1) is 20.9. The third kappa shape index (κ3) is 6.10. The summed E-state index contributed by atoms with van der Waals surface area (Å²) in [4.78, 5) is 16.5. The number of hydrogen-bond acceptors (Lipinski definition) is 5. The number of oxime groups is 1. The Labute approximate surface area is 175 Å². The van der Waals surface area contributed by atoms with Crippen LogP contribution in [0.25, 0.3) is 0 Å². The van der Waals surface area contributed by atoms with Crippen LogP contribution in [0.3, 0.4) is 0 Å². The average Bonchev–Trinajstić information content (AvgIpc) is 2.78. The van der Waals surface area contributed by atoms with Crippen molar-refractivity contribution < 1.29 is 24.2 Å². The Hall–Kier alpha value is -3.80. The summed E-state index contributed by atoms with van der Waals surface area (Å²) in [6.45, 7) is 2.62. The van der Waals surface area contributed by atoms with Gasteiger partial charge >= 0.3 is 5.97 Å². The summed E-state index contributed by atoms with van der Waals surface area (Å²) in [7, 11) is 0. The van der Waals surface area contributed by atoms with E-state index in [0.717, 1.165) is 17.7 Å². The Balaban J connectivity index is 1.72. The zero-order chi connectivity index (χ0) is 21.2. The fraction of sp³-hybridized carbons (Fsp3) is 0.167. The molecule has 0 aliphatic rings. The van der Waals surface area contributed by atoms with Gasteiger partial charge in [-0.25, -0.2) is 4.79 Å². The molecule has 3 aromatic rings. The molecule has 0 saturated heterocycles. The van der Waals surface area contributed by atoms with Crippen molar-refractivity contribution in [2.75, 3.05) is 13.2 Å². The number of hydrogen-bond donors (Lipinski definition) is 1. The quantitative estimate of drug-likeness (QED) is 0.278. The van der Waals surface area contributed by atoms with E-state index in [1.165, 1.54) is 12.1 Å². The van der Waals surface area contributed by atoms with Crippen molar-refractivity contribution in [3.63, 3.8) is 0 Å². The van der Waals surface area contributed by atoms with Crippen LogP contribution >= 0.6 is 0 Å². The van der Waals surface area contributed by atoms with E-state index in [9.17, 15) is 4.79 Å². The Morgan fingerprint density at radius 1 is 0.867 bits per heavy atom.